The second kappa shape index (κ2) is 6.92. The number of carbonyl (C=O) groups excluding carboxylic acids is 1. The molecule has 4 rings (SSSR count). The number of pyridine rings is 1. The third-order valence-electron chi connectivity index (χ3n) is 4.98. The van der Waals surface area contributed by atoms with Crippen LogP contribution in [0.15, 0.2) is 53.5 Å². The summed E-state index contributed by atoms with van der Waals surface area (Å²) >= 11 is 0. The first-order chi connectivity index (χ1) is 13.4. The first-order valence-electron chi connectivity index (χ1n) is 9.02. The second-order valence-electron chi connectivity index (χ2n) is 6.99. The van der Waals surface area contributed by atoms with Gasteiger partial charge in [0.1, 0.15) is 12.0 Å². The summed E-state index contributed by atoms with van der Waals surface area (Å²) in [5.74, 6) is -0.100. The fourth-order valence-electron chi connectivity index (χ4n) is 3.22. The molecule has 142 valence electrons. The van der Waals surface area contributed by atoms with Crippen LogP contribution in [-0.4, -0.2) is 37.8 Å². The summed E-state index contributed by atoms with van der Waals surface area (Å²) in [7, 11) is 3.63. The van der Waals surface area contributed by atoms with Gasteiger partial charge in [-0.05, 0) is 31.5 Å². The van der Waals surface area contributed by atoms with Crippen molar-refractivity contribution in [2.45, 2.75) is 19.9 Å². The summed E-state index contributed by atoms with van der Waals surface area (Å²) in [6.07, 6.45) is 5.15. The Labute approximate surface area is 162 Å². The van der Waals surface area contributed by atoms with E-state index in [0.717, 1.165) is 27.7 Å². The van der Waals surface area contributed by atoms with Gasteiger partial charge in [-0.25, -0.2) is 4.98 Å². The number of carbonyl (C=O) groups is 1. The van der Waals surface area contributed by atoms with Crippen LogP contribution in [0, 0.1) is 6.92 Å². The number of aryl methyl sites for hydroxylation is 2. The Morgan fingerprint density at radius 2 is 2.07 bits per heavy atom. The Balaban J connectivity index is 1.83. The molecule has 0 aliphatic rings. The molecule has 0 fully saturated rings. The van der Waals surface area contributed by atoms with Crippen molar-refractivity contribution in [3.63, 3.8) is 0 Å². The average molecular weight is 375 g/mol. The van der Waals surface area contributed by atoms with E-state index in [1.807, 2.05) is 51.4 Å². The zero-order chi connectivity index (χ0) is 19.8. The Morgan fingerprint density at radius 1 is 1.25 bits per heavy atom. The monoisotopic (exact) mass is 375 g/mol. The number of hydrogen-bond donors (Lipinski definition) is 0. The highest BCUT2D eigenvalue weighted by Gasteiger charge is 2.23. The Hall–Kier alpha value is -3.48. The standard InChI is InChI=1S/C21H21N5O2/c1-13-5-6-16-17(21(27)26(4)14(2)18-7-8-28-24-18)10-19(23-20(16)9-13)15-11-22-25(3)12-15/h5-12,14H,1-4H3/t14-/m1/s1. The molecule has 0 aliphatic carbocycles. The lowest BCUT2D eigenvalue weighted by Crippen LogP contribution is -2.30. The Kier molecular flexibility index (Phi) is 4.43. The molecule has 0 radical (unpaired) electrons. The van der Waals surface area contributed by atoms with Crippen molar-refractivity contribution >= 4 is 16.8 Å². The first kappa shape index (κ1) is 17.9. The summed E-state index contributed by atoms with van der Waals surface area (Å²) in [4.78, 5) is 19.8. The topological polar surface area (TPSA) is 77.0 Å². The molecule has 0 spiro atoms. The SMILES string of the molecule is Cc1ccc2c(C(=O)N(C)[C@H](C)c3ccon3)cc(-c3cnn(C)c3)nc2c1. The maximum Gasteiger partial charge on any atom is 0.254 e. The van der Waals surface area contributed by atoms with Gasteiger partial charge in [-0.3, -0.25) is 9.48 Å². The van der Waals surface area contributed by atoms with E-state index >= 15 is 0 Å². The van der Waals surface area contributed by atoms with Crippen molar-refractivity contribution in [2.24, 2.45) is 7.05 Å². The van der Waals surface area contributed by atoms with E-state index < -0.39 is 0 Å². The molecule has 0 unspecified atom stereocenters. The van der Waals surface area contributed by atoms with Crippen LogP contribution in [0.5, 0.6) is 0 Å². The molecule has 0 N–H and O–H groups in total. The van der Waals surface area contributed by atoms with Gasteiger partial charge in [0.2, 0.25) is 0 Å². The quantitative estimate of drug-likeness (QED) is 0.543. The molecule has 3 aromatic heterocycles. The minimum absolute atomic E-state index is 0.100. The zero-order valence-corrected chi connectivity index (χ0v) is 16.2. The highest BCUT2D eigenvalue weighted by molar-refractivity contribution is 6.07. The minimum atomic E-state index is -0.221. The smallest absolute Gasteiger partial charge is 0.254 e. The molecule has 28 heavy (non-hydrogen) atoms. The van der Waals surface area contributed by atoms with Crippen LogP contribution >= 0.6 is 0 Å². The molecule has 1 atom stereocenters. The summed E-state index contributed by atoms with van der Waals surface area (Å²) in [6, 6.07) is 9.32. The maximum absolute atomic E-state index is 13.4. The molecule has 0 bridgehead atoms. The van der Waals surface area contributed by atoms with Gasteiger partial charge in [0.15, 0.2) is 0 Å². The fraction of sp³-hybridized carbons (Fsp3) is 0.238. The molecule has 4 aromatic rings. The van der Waals surface area contributed by atoms with Crippen LogP contribution in [0.4, 0.5) is 0 Å². The number of fused-ring (bicyclic) bond motifs is 1. The van der Waals surface area contributed by atoms with Crippen LogP contribution < -0.4 is 0 Å². The van der Waals surface area contributed by atoms with E-state index in [1.54, 1.807) is 28.9 Å². The van der Waals surface area contributed by atoms with E-state index in [4.69, 9.17) is 9.51 Å². The van der Waals surface area contributed by atoms with Crippen molar-refractivity contribution in [3.05, 3.63) is 65.8 Å². The number of amides is 1. The molecule has 3 heterocycles. The third kappa shape index (κ3) is 3.15. The lowest BCUT2D eigenvalue weighted by Gasteiger charge is -2.24. The van der Waals surface area contributed by atoms with E-state index in [2.05, 4.69) is 10.3 Å². The summed E-state index contributed by atoms with van der Waals surface area (Å²) in [5, 5.41) is 9.01. The normalized spacial score (nSPS) is 12.3. The third-order valence-corrected chi connectivity index (χ3v) is 4.98. The maximum atomic E-state index is 13.4. The van der Waals surface area contributed by atoms with Crippen LogP contribution in [-0.2, 0) is 7.05 Å². The second-order valence-corrected chi connectivity index (χ2v) is 6.99. The molecule has 1 aromatic carbocycles. The Bertz CT molecular complexity index is 1150. The molecule has 7 nitrogen and oxygen atoms in total. The molecule has 0 saturated heterocycles. The lowest BCUT2D eigenvalue weighted by molar-refractivity contribution is 0.0739. The highest BCUT2D eigenvalue weighted by Crippen LogP contribution is 2.28. The van der Waals surface area contributed by atoms with Gasteiger partial charge < -0.3 is 9.42 Å². The van der Waals surface area contributed by atoms with Crippen LogP contribution in [0.25, 0.3) is 22.2 Å². The van der Waals surface area contributed by atoms with Crippen LogP contribution in [0.1, 0.15) is 34.6 Å². The lowest BCUT2D eigenvalue weighted by atomic mass is 10.0. The Morgan fingerprint density at radius 3 is 2.75 bits per heavy atom. The van der Waals surface area contributed by atoms with Crippen LogP contribution in [0.2, 0.25) is 0 Å². The molecule has 0 aliphatic heterocycles. The van der Waals surface area contributed by atoms with Gasteiger partial charge in [0, 0.05) is 37.3 Å². The zero-order valence-electron chi connectivity index (χ0n) is 16.2. The largest absolute Gasteiger partial charge is 0.364 e. The number of benzene rings is 1. The van der Waals surface area contributed by atoms with Gasteiger partial charge in [-0.2, -0.15) is 5.10 Å². The predicted octanol–water partition coefficient (Wildman–Crippen LogP) is 3.76. The average Bonchev–Trinajstić information content (AvgIpc) is 3.37. The molecule has 0 saturated carbocycles. The predicted molar refractivity (Wildman–Crippen MR) is 106 cm³/mol. The van der Waals surface area contributed by atoms with Crippen molar-refractivity contribution in [1.29, 1.82) is 0 Å². The van der Waals surface area contributed by atoms with Gasteiger partial charge in [0.05, 0.1) is 29.0 Å². The van der Waals surface area contributed by atoms with Gasteiger partial charge in [-0.15, -0.1) is 0 Å². The molecule has 7 heteroatoms. The summed E-state index contributed by atoms with van der Waals surface area (Å²) in [5.41, 5.74) is 4.77. The number of rotatable bonds is 4. The summed E-state index contributed by atoms with van der Waals surface area (Å²) in [6.45, 7) is 3.93. The van der Waals surface area contributed by atoms with Gasteiger partial charge in [-0.1, -0.05) is 17.3 Å². The molecular formula is C21H21N5O2. The van der Waals surface area contributed by atoms with E-state index in [-0.39, 0.29) is 11.9 Å². The van der Waals surface area contributed by atoms with E-state index in [0.29, 0.717) is 11.3 Å². The minimum Gasteiger partial charge on any atom is -0.364 e. The fourth-order valence-corrected chi connectivity index (χ4v) is 3.22. The van der Waals surface area contributed by atoms with Gasteiger partial charge in [0.25, 0.3) is 5.91 Å². The van der Waals surface area contributed by atoms with E-state index in [1.165, 1.54) is 6.26 Å². The van der Waals surface area contributed by atoms with Crippen molar-refractivity contribution in [1.82, 2.24) is 24.8 Å². The number of aromatic nitrogens is 4. The molecular weight excluding hydrogens is 354 g/mol. The number of hydrogen-bond acceptors (Lipinski definition) is 5. The number of nitrogens with zero attached hydrogens (tertiary/aromatic N) is 5. The summed E-state index contributed by atoms with van der Waals surface area (Å²) < 4.78 is 6.65. The van der Waals surface area contributed by atoms with Crippen LogP contribution in [0.3, 0.4) is 0 Å². The van der Waals surface area contributed by atoms with E-state index in [9.17, 15) is 4.79 Å². The van der Waals surface area contributed by atoms with Crippen molar-refractivity contribution in [2.75, 3.05) is 7.05 Å². The highest BCUT2D eigenvalue weighted by atomic mass is 16.5. The first-order valence-corrected chi connectivity index (χ1v) is 9.02. The van der Waals surface area contributed by atoms with Gasteiger partial charge >= 0.3 is 0 Å². The van der Waals surface area contributed by atoms with Crippen molar-refractivity contribution in [3.8, 4) is 11.3 Å². The molecule has 1 amide bonds. The van der Waals surface area contributed by atoms with Crippen molar-refractivity contribution < 1.29 is 9.32 Å².